The molecule has 0 saturated heterocycles. The van der Waals surface area contributed by atoms with Crippen LogP contribution >= 0.6 is 11.6 Å². The number of halogens is 1. The van der Waals surface area contributed by atoms with Gasteiger partial charge in [-0.2, -0.15) is 0 Å². The molecule has 1 aromatic rings. The molecule has 1 aliphatic rings. The van der Waals surface area contributed by atoms with E-state index in [1.807, 2.05) is 6.07 Å². The number of nitrogens with zero attached hydrogens (tertiary/aromatic N) is 1. The Kier molecular flexibility index (Phi) is 1.81. The highest BCUT2D eigenvalue weighted by Gasteiger charge is 2.38. The van der Waals surface area contributed by atoms with E-state index in [0.29, 0.717) is 0 Å². The van der Waals surface area contributed by atoms with Crippen LogP contribution < -0.4 is 5.73 Å². The summed E-state index contributed by atoms with van der Waals surface area (Å²) in [6.07, 6.45) is 6.54. The van der Waals surface area contributed by atoms with Crippen LogP contribution in [0.3, 0.4) is 0 Å². The second-order valence-electron chi connectivity index (χ2n) is 3.51. The van der Waals surface area contributed by atoms with E-state index < -0.39 is 0 Å². The molecule has 1 fully saturated rings. The number of rotatable bonds is 2. The first-order valence-electron chi connectivity index (χ1n) is 4.07. The minimum atomic E-state index is 0.0327. The van der Waals surface area contributed by atoms with E-state index >= 15 is 0 Å². The topological polar surface area (TPSA) is 38.9 Å². The van der Waals surface area contributed by atoms with Crippen LogP contribution in [0.1, 0.15) is 18.4 Å². The summed E-state index contributed by atoms with van der Waals surface area (Å²) in [6, 6.07) is 1.94. The Morgan fingerprint density at radius 3 is 2.92 bits per heavy atom. The summed E-state index contributed by atoms with van der Waals surface area (Å²) in [5.74, 6) is 0. The molecule has 0 aliphatic heterocycles. The lowest BCUT2D eigenvalue weighted by atomic mass is 10.1. The minimum absolute atomic E-state index is 0.0327. The van der Waals surface area contributed by atoms with Crippen molar-refractivity contribution in [3.8, 4) is 0 Å². The van der Waals surface area contributed by atoms with E-state index in [0.717, 1.165) is 29.8 Å². The summed E-state index contributed by atoms with van der Waals surface area (Å²) in [7, 11) is 0. The standard InChI is InChI=1S/C9H11ClN2/c10-8-6-12-4-1-7(8)5-9(11)2-3-9/h1,4,6H,2-3,5,11H2. The number of hydrogen-bond donors (Lipinski definition) is 1. The summed E-state index contributed by atoms with van der Waals surface area (Å²) in [5.41, 5.74) is 7.12. The molecule has 0 spiro atoms. The molecule has 0 radical (unpaired) electrons. The second-order valence-corrected chi connectivity index (χ2v) is 3.91. The normalized spacial score (nSPS) is 19.2. The van der Waals surface area contributed by atoms with Crippen molar-refractivity contribution in [3.63, 3.8) is 0 Å². The predicted octanol–water partition coefficient (Wildman–Crippen LogP) is 1.77. The van der Waals surface area contributed by atoms with Gasteiger partial charge in [0.15, 0.2) is 0 Å². The van der Waals surface area contributed by atoms with Gasteiger partial charge in [0, 0.05) is 17.9 Å². The van der Waals surface area contributed by atoms with Gasteiger partial charge < -0.3 is 5.73 Å². The smallest absolute Gasteiger partial charge is 0.0621 e. The van der Waals surface area contributed by atoms with Crippen molar-refractivity contribution in [2.45, 2.75) is 24.8 Å². The van der Waals surface area contributed by atoms with Gasteiger partial charge in [-0.25, -0.2) is 0 Å². The number of aromatic nitrogens is 1. The van der Waals surface area contributed by atoms with Crippen molar-refractivity contribution in [2.75, 3.05) is 0 Å². The highest BCUT2D eigenvalue weighted by molar-refractivity contribution is 6.31. The lowest BCUT2D eigenvalue weighted by Gasteiger charge is -2.08. The average molecular weight is 183 g/mol. The molecule has 12 heavy (non-hydrogen) atoms. The molecule has 1 heterocycles. The highest BCUT2D eigenvalue weighted by atomic mass is 35.5. The van der Waals surface area contributed by atoms with Crippen molar-refractivity contribution < 1.29 is 0 Å². The van der Waals surface area contributed by atoms with Crippen molar-refractivity contribution >= 4 is 11.6 Å². The molecule has 0 amide bonds. The van der Waals surface area contributed by atoms with Crippen LogP contribution in [0.15, 0.2) is 18.5 Å². The van der Waals surface area contributed by atoms with E-state index in [1.54, 1.807) is 12.4 Å². The Balaban J connectivity index is 2.17. The zero-order valence-electron chi connectivity index (χ0n) is 6.76. The summed E-state index contributed by atoms with van der Waals surface area (Å²) in [6.45, 7) is 0. The molecule has 0 unspecified atom stereocenters. The largest absolute Gasteiger partial charge is 0.325 e. The molecule has 1 aromatic heterocycles. The molecule has 2 N–H and O–H groups in total. The molecular formula is C9H11ClN2. The van der Waals surface area contributed by atoms with Gasteiger partial charge in [0.1, 0.15) is 0 Å². The summed E-state index contributed by atoms with van der Waals surface area (Å²) >= 11 is 5.94. The third-order valence-corrected chi connectivity index (χ3v) is 2.63. The fraction of sp³-hybridized carbons (Fsp3) is 0.444. The maximum atomic E-state index is 5.97. The van der Waals surface area contributed by atoms with Crippen LogP contribution in [0.5, 0.6) is 0 Å². The summed E-state index contributed by atoms with van der Waals surface area (Å²) in [4.78, 5) is 3.92. The molecule has 64 valence electrons. The molecule has 0 atom stereocenters. The third-order valence-electron chi connectivity index (χ3n) is 2.29. The maximum absolute atomic E-state index is 5.97. The summed E-state index contributed by atoms with van der Waals surface area (Å²) < 4.78 is 0. The first-order valence-corrected chi connectivity index (χ1v) is 4.45. The van der Waals surface area contributed by atoms with Gasteiger partial charge in [-0.3, -0.25) is 4.98 Å². The van der Waals surface area contributed by atoms with Crippen LogP contribution in [-0.4, -0.2) is 10.5 Å². The third kappa shape index (κ3) is 1.59. The zero-order chi connectivity index (χ0) is 8.60. The molecule has 3 heteroatoms. The molecule has 2 rings (SSSR count). The molecule has 0 aromatic carbocycles. The van der Waals surface area contributed by atoms with E-state index in [9.17, 15) is 0 Å². The van der Waals surface area contributed by atoms with Gasteiger partial charge in [-0.05, 0) is 30.9 Å². The van der Waals surface area contributed by atoms with Crippen LogP contribution in [-0.2, 0) is 6.42 Å². The first-order chi connectivity index (χ1) is 5.70. The lowest BCUT2D eigenvalue weighted by molar-refractivity contribution is 0.671. The Morgan fingerprint density at radius 2 is 2.33 bits per heavy atom. The Labute approximate surface area is 76.7 Å². The van der Waals surface area contributed by atoms with Gasteiger partial charge in [-0.1, -0.05) is 11.6 Å². The molecule has 1 aliphatic carbocycles. The Bertz CT molecular complexity index is 294. The number of pyridine rings is 1. The number of hydrogen-bond acceptors (Lipinski definition) is 2. The van der Waals surface area contributed by atoms with Crippen molar-refractivity contribution in [1.82, 2.24) is 4.98 Å². The van der Waals surface area contributed by atoms with Crippen molar-refractivity contribution in [3.05, 3.63) is 29.0 Å². The van der Waals surface area contributed by atoms with Gasteiger partial charge in [0.2, 0.25) is 0 Å². The van der Waals surface area contributed by atoms with Crippen LogP contribution in [0.2, 0.25) is 5.02 Å². The van der Waals surface area contributed by atoms with Gasteiger partial charge >= 0.3 is 0 Å². The molecule has 0 bridgehead atoms. The second kappa shape index (κ2) is 2.71. The van der Waals surface area contributed by atoms with Gasteiger partial charge in [-0.15, -0.1) is 0 Å². The van der Waals surface area contributed by atoms with Gasteiger partial charge in [0.05, 0.1) is 5.02 Å². The van der Waals surface area contributed by atoms with E-state index in [1.165, 1.54) is 0 Å². The van der Waals surface area contributed by atoms with Crippen molar-refractivity contribution in [2.24, 2.45) is 5.73 Å². The van der Waals surface area contributed by atoms with E-state index in [4.69, 9.17) is 17.3 Å². The van der Waals surface area contributed by atoms with Crippen molar-refractivity contribution in [1.29, 1.82) is 0 Å². The van der Waals surface area contributed by atoms with Gasteiger partial charge in [0.25, 0.3) is 0 Å². The summed E-state index contributed by atoms with van der Waals surface area (Å²) in [5, 5.41) is 0.731. The predicted molar refractivity (Wildman–Crippen MR) is 49.1 cm³/mol. The van der Waals surface area contributed by atoms with Crippen LogP contribution in [0, 0.1) is 0 Å². The molecule has 1 saturated carbocycles. The lowest BCUT2D eigenvalue weighted by Crippen LogP contribution is -2.24. The Morgan fingerprint density at radius 1 is 1.58 bits per heavy atom. The van der Waals surface area contributed by atoms with E-state index in [-0.39, 0.29) is 5.54 Å². The minimum Gasteiger partial charge on any atom is -0.325 e. The highest BCUT2D eigenvalue weighted by Crippen LogP contribution is 2.36. The average Bonchev–Trinajstić information content (AvgIpc) is 2.74. The maximum Gasteiger partial charge on any atom is 0.0621 e. The zero-order valence-corrected chi connectivity index (χ0v) is 7.51. The monoisotopic (exact) mass is 182 g/mol. The van der Waals surface area contributed by atoms with Crippen LogP contribution in [0.4, 0.5) is 0 Å². The molecule has 2 nitrogen and oxygen atoms in total. The fourth-order valence-corrected chi connectivity index (χ4v) is 1.45. The Hall–Kier alpha value is -0.600. The SMILES string of the molecule is NC1(Cc2ccncc2Cl)CC1. The van der Waals surface area contributed by atoms with E-state index in [2.05, 4.69) is 4.98 Å². The first kappa shape index (κ1) is 8.02. The number of nitrogens with two attached hydrogens (primary N) is 1. The quantitative estimate of drug-likeness (QED) is 0.757. The fourth-order valence-electron chi connectivity index (χ4n) is 1.26. The molecular weight excluding hydrogens is 172 g/mol. The van der Waals surface area contributed by atoms with Crippen LogP contribution in [0.25, 0.3) is 0 Å².